The maximum atomic E-state index is 12.1. The first-order valence-corrected chi connectivity index (χ1v) is 4.40. The summed E-state index contributed by atoms with van der Waals surface area (Å²) < 4.78 is 41.8. The second kappa shape index (κ2) is 3.39. The van der Waals surface area contributed by atoms with Crippen LogP contribution < -0.4 is 4.74 Å². The standard InChI is InChI=1S/C8H7F3N2O3/c9-8(10,11)4-3-5(4)16-6-1-2-13(12-6)7(14)15/h1-2,4-5H,3H2,(H,14,15). The summed E-state index contributed by atoms with van der Waals surface area (Å²) in [4.78, 5) is 10.4. The smallest absolute Gasteiger partial charge is 0.432 e. The summed E-state index contributed by atoms with van der Waals surface area (Å²) in [6.45, 7) is 0. The normalized spacial score (nSPS) is 24.2. The molecule has 1 fully saturated rings. The zero-order valence-corrected chi connectivity index (χ0v) is 7.81. The number of nitrogens with zero attached hydrogens (tertiary/aromatic N) is 2. The van der Waals surface area contributed by atoms with Crippen molar-refractivity contribution in [1.29, 1.82) is 0 Å². The number of rotatable bonds is 2. The van der Waals surface area contributed by atoms with E-state index in [-0.39, 0.29) is 12.3 Å². The number of hydrogen-bond acceptors (Lipinski definition) is 3. The molecule has 1 saturated carbocycles. The number of carboxylic acid groups (broad SMARTS) is 1. The van der Waals surface area contributed by atoms with Gasteiger partial charge in [-0.2, -0.15) is 17.9 Å². The van der Waals surface area contributed by atoms with Gasteiger partial charge in [-0.25, -0.2) is 4.79 Å². The Morgan fingerprint density at radius 2 is 2.31 bits per heavy atom. The van der Waals surface area contributed by atoms with Crippen LogP contribution in [-0.4, -0.2) is 33.3 Å². The van der Waals surface area contributed by atoms with E-state index >= 15 is 0 Å². The highest BCUT2D eigenvalue weighted by Gasteiger charge is 2.57. The van der Waals surface area contributed by atoms with Gasteiger partial charge in [0.1, 0.15) is 6.10 Å². The van der Waals surface area contributed by atoms with Crippen molar-refractivity contribution in [2.75, 3.05) is 0 Å². The van der Waals surface area contributed by atoms with Crippen LogP contribution in [0.25, 0.3) is 0 Å². The van der Waals surface area contributed by atoms with E-state index in [1.807, 2.05) is 0 Å². The molecule has 0 spiro atoms. The van der Waals surface area contributed by atoms with Crippen molar-refractivity contribution < 1.29 is 27.8 Å². The Balaban J connectivity index is 1.94. The minimum absolute atomic E-state index is 0.108. The lowest BCUT2D eigenvalue weighted by Crippen LogP contribution is -2.16. The van der Waals surface area contributed by atoms with E-state index < -0.39 is 24.3 Å². The van der Waals surface area contributed by atoms with E-state index in [2.05, 4.69) is 5.10 Å². The molecule has 8 heteroatoms. The van der Waals surface area contributed by atoms with Gasteiger partial charge in [0.05, 0.1) is 5.92 Å². The quantitative estimate of drug-likeness (QED) is 0.849. The zero-order chi connectivity index (χ0) is 11.9. The molecule has 0 amide bonds. The van der Waals surface area contributed by atoms with Crippen LogP contribution >= 0.6 is 0 Å². The van der Waals surface area contributed by atoms with E-state index in [9.17, 15) is 18.0 Å². The lowest BCUT2D eigenvalue weighted by Gasteiger charge is -2.05. The SMILES string of the molecule is O=C(O)n1ccc(OC2CC2C(F)(F)F)n1. The van der Waals surface area contributed by atoms with E-state index in [0.29, 0.717) is 4.68 Å². The van der Waals surface area contributed by atoms with Gasteiger partial charge in [-0.1, -0.05) is 0 Å². The average molecular weight is 236 g/mol. The number of hydrogen-bond donors (Lipinski definition) is 1. The van der Waals surface area contributed by atoms with Crippen LogP contribution in [0.4, 0.5) is 18.0 Å². The fraction of sp³-hybridized carbons (Fsp3) is 0.500. The van der Waals surface area contributed by atoms with E-state index in [1.54, 1.807) is 0 Å². The Kier molecular flexibility index (Phi) is 2.28. The monoisotopic (exact) mass is 236 g/mol. The molecule has 16 heavy (non-hydrogen) atoms. The van der Waals surface area contributed by atoms with Crippen molar-refractivity contribution in [3.05, 3.63) is 12.3 Å². The average Bonchev–Trinajstić information content (AvgIpc) is 2.73. The molecule has 0 bridgehead atoms. The molecule has 1 aromatic heterocycles. The molecule has 1 aliphatic carbocycles. The first kappa shape index (κ1) is 10.8. The molecular weight excluding hydrogens is 229 g/mol. The molecule has 2 rings (SSSR count). The molecule has 1 heterocycles. The number of halogens is 3. The van der Waals surface area contributed by atoms with Crippen LogP contribution in [0.1, 0.15) is 6.42 Å². The Morgan fingerprint density at radius 3 is 2.75 bits per heavy atom. The summed E-state index contributed by atoms with van der Waals surface area (Å²) in [5.74, 6) is -1.58. The number of aromatic nitrogens is 2. The molecule has 2 atom stereocenters. The highest BCUT2D eigenvalue weighted by atomic mass is 19.4. The van der Waals surface area contributed by atoms with Gasteiger partial charge in [-0.3, -0.25) is 0 Å². The van der Waals surface area contributed by atoms with Crippen LogP contribution in [0.5, 0.6) is 5.88 Å². The summed E-state index contributed by atoms with van der Waals surface area (Å²) in [5, 5.41) is 11.9. The second-order valence-electron chi connectivity index (χ2n) is 3.42. The third kappa shape index (κ3) is 2.10. The molecule has 1 aromatic rings. The van der Waals surface area contributed by atoms with Crippen LogP contribution in [0.3, 0.4) is 0 Å². The summed E-state index contributed by atoms with van der Waals surface area (Å²) in [5.41, 5.74) is 0. The third-order valence-corrected chi connectivity index (χ3v) is 2.19. The predicted octanol–water partition coefficient (Wildman–Crippen LogP) is 1.74. The van der Waals surface area contributed by atoms with Gasteiger partial charge in [-0.05, 0) is 6.42 Å². The van der Waals surface area contributed by atoms with Gasteiger partial charge in [0.15, 0.2) is 0 Å². The van der Waals surface area contributed by atoms with E-state index in [1.165, 1.54) is 6.07 Å². The molecule has 1 N–H and O–H groups in total. The Hall–Kier alpha value is -1.73. The van der Waals surface area contributed by atoms with E-state index in [0.717, 1.165) is 6.20 Å². The van der Waals surface area contributed by atoms with Crippen molar-refractivity contribution >= 4 is 6.09 Å². The first-order chi connectivity index (χ1) is 7.38. The fourth-order valence-corrected chi connectivity index (χ4v) is 1.28. The van der Waals surface area contributed by atoms with Crippen LogP contribution in [0.2, 0.25) is 0 Å². The van der Waals surface area contributed by atoms with Crippen molar-refractivity contribution in [3.8, 4) is 5.88 Å². The largest absolute Gasteiger partial charge is 0.473 e. The van der Waals surface area contributed by atoms with Gasteiger partial charge in [0.2, 0.25) is 5.88 Å². The Labute approximate surface area is 87.4 Å². The van der Waals surface area contributed by atoms with Gasteiger partial charge in [0.25, 0.3) is 0 Å². The lowest BCUT2D eigenvalue weighted by molar-refractivity contribution is -0.153. The lowest BCUT2D eigenvalue weighted by atomic mass is 10.4. The van der Waals surface area contributed by atoms with Gasteiger partial charge < -0.3 is 9.84 Å². The maximum absolute atomic E-state index is 12.1. The van der Waals surface area contributed by atoms with Gasteiger partial charge >= 0.3 is 12.3 Å². The summed E-state index contributed by atoms with van der Waals surface area (Å²) in [7, 11) is 0. The number of alkyl halides is 3. The maximum Gasteiger partial charge on any atom is 0.432 e. The molecule has 5 nitrogen and oxygen atoms in total. The van der Waals surface area contributed by atoms with Gasteiger partial charge in [0, 0.05) is 12.3 Å². The molecule has 0 aliphatic heterocycles. The van der Waals surface area contributed by atoms with Gasteiger partial charge in [-0.15, -0.1) is 5.10 Å². The predicted molar refractivity (Wildman–Crippen MR) is 44.2 cm³/mol. The molecule has 0 saturated heterocycles. The highest BCUT2D eigenvalue weighted by Crippen LogP contribution is 2.46. The first-order valence-electron chi connectivity index (χ1n) is 4.40. The summed E-state index contributed by atoms with van der Waals surface area (Å²) in [6, 6.07) is 1.21. The molecule has 88 valence electrons. The molecule has 0 radical (unpaired) electrons. The molecule has 2 unspecified atom stereocenters. The van der Waals surface area contributed by atoms with Crippen molar-refractivity contribution in [2.24, 2.45) is 5.92 Å². The Bertz CT molecular complexity index is 415. The van der Waals surface area contributed by atoms with Crippen LogP contribution in [0, 0.1) is 5.92 Å². The Morgan fingerprint density at radius 1 is 1.62 bits per heavy atom. The summed E-state index contributed by atoms with van der Waals surface area (Å²) in [6.07, 6.45) is -5.54. The molecule has 1 aliphatic rings. The molecule has 0 aromatic carbocycles. The minimum atomic E-state index is -4.26. The highest BCUT2D eigenvalue weighted by molar-refractivity contribution is 5.66. The zero-order valence-electron chi connectivity index (χ0n) is 7.81. The summed E-state index contributed by atoms with van der Waals surface area (Å²) >= 11 is 0. The number of ether oxygens (including phenoxy) is 1. The van der Waals surface area contributed by atoms with Crippen molar-refractivity contribution in [1.82, 2.24) is 9.78 Å². The van der Waals surface area contributed by atoms with Crippen LogP contribution in [0.15, 0.2) is 12.3 Å². The third-order valence-electron chi connectivity index (χ3n) is 2.19. The van der Waals surface area contributed by atoms with E-state index in [4.69, 9.17) is 9.84 Å². The molecular formula is C8H7F3N2O3. The van der Waals surface area contributed by atoms with Crippen molar-refractivity contribution in [2.45, 2.75) is 18.7 Å². The topological polar surface area (TPSA) is 64.3 Å². The van der Waals surface area contributed by atoms with Crippen LogP contribution in [-0.2, 0) is 0 Å². The minimum Gasteiger partial charge on any atom is -0.473 e. The van der Waals surface area contributed by atoms with Crippen molar-refractivity contribution in [3.63, 3.8) is 0 Å². The number of carbonyl (C=O) groups is 1. The fourth-order valence-electron chi connectivity index (χ4n) is 1.28. The second-order valence-corrected chi connectivity index (χ2v) is 3.42.